The molecule has 0 radical (unpaired) electrons. The van der Waals surface area contributed by atoms with Crippen molar-refractivity contribution in [3.05, 3.63) is 57.9 Å². The van der Waals surface area contributed by atoms with E-state index in [1.54, 1.807) is 17.6 Å². The van der Waals surface area contributed by atoms with Crippen molar-refractivity contribution >= 4 is 38.0 Å². The summed E-state index contributed by atoms with van der Waals surface area (Å²) in [6.45, 7) is 3.45. The quantitative estimate of drug-likeness (QED) is 0.360. The Kier molecular flexibility index (Phi) is 6.65. The molecule has 15 heteroatoms. The zero-order chi connectivity index (χ0) is 27.2. The van der Waals surface area contributed by atoms with Crippen molar-refractivity contribution in [3.8, 4) is 11.6 Å². The number of nitrogens with zero attached hydrogens (tertiary/aromatic N) is 6. The third kappa shape index (κ3) is 4.98. The van der Waals surface area contributed by atoms with Crippen LogP contribution in [0.2, 0.25) is 0 Å². The van der Waals surface area contributed by atoms with Crippen LogP contribution in [0.3, 0.4) is 0 Å². The van der Waals surface area contributed by atoms with Gasteiger partial charge >= 0.3 is 0 Å². The topological polar surface area (TPSA) is 141 Å². The van der Waals surface area contributed by atoms with E-state index < -0.39 is 34.4 Å². The van der Waals surface area contributed by atoms with Crippen molar-refractivity contribution in [3.63, 3.8) is 0 Å². The Hall–Kier alpha value is -3.85. The van der Waals surface area contributed by atoms with Crippen LogP contribution >= 0.6 is 11.3 Å². The van der Waals surface area contributed by atoms with E-state index in [-0.39, 0.29) is 29.7 Å². The van der Waals surface area contributed by atoms with E-state index in [9.17, 15) is 13.2 Å². The van der Waals surface area contributed by atoms with Gasteiger partial charge in [0.1, 0.15) is 28.4 Å². The van der Waals surface area contributed by atoms with Crippen molar-refractivity contribution in [1.29, 1.82) is 0 Å². The average molecular weight is 562 g/mol. The molecule has 1 unspecified atom stereocenters. The number of sulfonamides is 1. The standard InChI is InChI=1S/C23H24FN7O5S2/c1-12-9-14(24)19(25-10-12)21-20-15(26-23-31(20)28-13(2)37-23)7-8-30(21)18(32)11-36-16-5-6-17(27-22(16)35-3)29-38(4,33)34/h5-6,9-10,21H,7-8,11H2,1-4H3,(H,27,29). The number of hydrogen-bond donors (Lipinski definition) is 1. The molecule has 0 fully saturated rings. The number of imidazole rings is 1. The highest BCUT2D eigenvalue weighted by atomic mass is 32.2. The van der Waals surface area contributed by atoms with Crippen molar-refractivity contribution in [2.45, 2.75) is 26.3 Å². The van der Waals surface area contributed by atoms with Crippen molar-refractivity contribution < 1.29 is 27.1 Å². The minimum absolute atomic E-state index is 0.00868. The van der Waals surface area contributed by atoms with Gasteiger partial charge in [0.15, 0.2) is 12.4 Å². The summed E-state index contributed by atoms with van der Waals surface area (Å²) in [5.74, 6) is -0.801. The van der Waals surface area contributed by atoms with Gasteiger partial charge in [-0.3, -0.25) is 14.5 Å². The summed E-state index contributed by atoms with van der Waals surface area (Å²) in [6, 6.07) is 3.34. The van der Waals surface area contributed by atoms with Crippen LogP contribution in [0.15, 0.2) is 24.4 Å². The Labute approximate surface area is 221 Å². The summed E-state index contributed by atoms with van der Waals surface area (Å²) in [4.78, 5) is 28.8. The van der Waals surface area contributed by atoms with Gasteiger partial charge in [-0.15, -0.1) is 0 Å². The molecular weight excluding hydrogens is 537 g/mol. The molecule has 1 atom stereocenters. The van der Waals surface area contributed by atoms with E-state index >= 15 is 4.39 Å². The molecule has 0 spiro atoms. The molecule has 0 saturated carbocycles. The Morgan fingerprint density at radius 3 is 2.79 bits per heavy atom. The number of aryl methyl sites for hydroxylation is 2. The fraction of sp³-hybridized carbons (Fsp3) is 0.348. The second-order valence-corrected chi connectivity index (χ2v) is 11.7. The number of carbonyl (C=O) groups excluding carboxylic acids is 1. The molecular formula is C23H24FN7O5S2. The molecule has 1 N–H and O–H groups in total. The van der Waals surface area contributed by atoms with Crippen molar-refractivity contribution in [1.82, 2.24) is 29.5 Å². The highest BCUT2D eigenvalue weighted by molar-refractivity contribution is 7.92. The van der Waals surface area contributed by atoms with Gasteiger partial charge in [-0.1, -0.05) is 11.3 Å². The zero-order valence-corrected chi connectivity index (χ0v) is 22.6. The smallest absolute Gasteiger partial charge is 0.261 e. The van der Waals surface area contributed by atoms with E-state index in [0.29, 0.717) is 22.6 Å². The number of anilines is 1. The Balaban J connectivity index is 1.46. The van der Waals surface area contributed by atoms with Gasteiger partial charge in [0.2, 0.25) is 15.0 Å². The predicted octanol–water partition coefficient (Wildman–Crippen LogP) is 2.27. The first-order valence-electron chi connectivity index (χ1n) is 11.5. The monoisotopic (exact) mass is 561 g/mol. The number of fused-ring (bicyclic) bond motifs is 3. The molecule has 0 saturated heterocycles. The molecule has 1 aliphatic heterocycles. The molecule has 4 aromatic heterocycles. The summed E-state index contributed by atoms with van der Waals surface area (Å²) >= 11 is 1.41. The number of amides is 1. The molecule has 0 bridgehead atoms. The van der Waals surface area contributed by atoms with Crippen LogP contribution in [0, 0.1) is 19.7 Å². The first-order valence-corrected chi connectivity index (χ1v) is 14.2. The summed E-state index contributed by atoms with van der Waals surface area (Å²) in [6.07, 6.45) is 3.01. The molecule has 5 heterocycles. The third-order valence-corrected chi connectivity index (χ3v) is 7.22. The van der Waals surface area contributed by atoms with Gasteiger partial charge in [0, 0.05) is 19.2 Å². The number of rotatable bonds is 7. The fourth-order valence-electron chi connectivity index (χ4n) is 4.31. The van der Waals surface area contributed by atoms with Gasteiger partial charge < -0.3 is 14.4 Å². The number of aromatic nitrogens is 5. The molecule has 1 aliphatic rings. The highest BCUT2D eigenvalue weighted by Crippen LogP contribution is 2.37. The van der Waals surface area contributed by atoms with Gasteiger partial charge in [-0.05, 0) is 37.6 Å². The first-order chi connectivity index (χ1) is 18.0. The van der Waals surface area contributed by atoms with E-state index in [1.165, 1.54) is 41.5 Å². The lowest BCUT2D eigenvalue weighted by Crippen LogP contribution is -2.44. The van der Waals surface area contributed by atoms with Crippen molar-refractivity contribution in [2.75, 3.05) is 31.2 Å². The SMILES string of the molecule is COc1nc(NS(C)(=O)=O)ccc1OCC(=O)N1CCc2nc3sc(C)nn3c2C1c1ncc(C)cc1F. The van der Waals surface area contributed by atoms with E-state index in [4.69, 9.17) is 9.47 Å². The summed E-state index contributed by atoms with van der Waals surface area (Å²) in [5.41, 5.74) is 2.07. The van der Waals surface area contributed by atoms with Gasteiger partial charge in [-0.2, -0.15) is 10.1 Å². The predicted molar refractivity (Wildman–Crippen MR) is 137 cm³/mol. The summed E-state index contributed by atoms with van der Waals surface area (Å²) in [7, 11) is -2.20. The first kappa shape index (κ1) is 25.8. The normalized spacial score (nSPS) is 15.4. The van der Waals surface area contributed by atoms with Crippen LogP contribution in [-0.2, 0) is 21.2 Å². The van der Waals surface area contributed by atoms with Crippen LogP contribution < -0.4 is 14.2 Å². The zero-order valence-electron chi connectivity index (χ0n) is 20.9. The van der Waals surface area contributed by atoms with Crippen LogP contribution in [-0.4, -0.2) is 70.3 Å². The largest absolute Gasteiger partial charge is 0.478 e. The maximum absolute atomic E-state index is 15.2. The number of hydrogen-bond acceptors (Lipinski definition) is 10. The molecule has 0 aromatic carbocycles. The van der Waals surface area contributed by atoms with Gasteiger partial charge in [0.25, 0.3) is 11.8 Å². The number of carbonyl (C=O) groups is 1. The third-order valence-electron chi connectivity index (χ3n) is 5.82. The minimum atomic E-state index is -3.55. The number of pyridine rings is 2. The summed E-state index contributed by atoms with van der Waals surface area (Å²) < 4.78 is 53.1. The van der Waals surface area contributed by atoms with Gasteiger partial charge in [-0.25, -0.2) is 22.3 Å². The van der Waals surface area contributed by atoms with Crippen molar-refractivity contribution in [2.24, 2.45) is 0 Å². The second kappa shape index (κ2) is 9.79. The minimum Gasteiger partial charge on any atom is -0.478 e. The average Bonchev–Trinajstić information content (AvgIpc) is 3.37. The maximum atomic E-state index is 15.2. The molecule has 0 aliphatic carbocycles. The second-order valence-electron chi connectivity index (χ2n) is 8.75. The summed E-state index contributed by atoms with van der Waals surface area (Å²) in [5, 5.41) is 5.32. The van der Waals surface area contributed by atoms with E-state index in [0.717, 1.165) is 17.0 Å². The molecule has 4 aromatic rings. The van der Waals surface area contributed by atoms with Crippen LogP contribution in [0.1, 0.15) is 33.7 Å². The molecule has 12 nitrogen and oxygen atoms in total. The number of nitrogens with one attached hydrogen (secondary N) is 1. The van der Waals surface area contributed by atoms with Crippen LogP contribution in [0.5, 0.6) is 11.6 Å². The Morgan fingerprint density at radius 1 is 1.29 bits per heavy atom. The molecule has 1 amide bonds. The molecule has 200 valence electrons. The highest BCUT2D eigenvalue weighted by Gasteiger charge is 2.39. The van der Waals surface area contributed by atoms with Crippen LogP contribution in [0.4, 0.5) is 10.2 Å². The van der Waals surface area contributed by atoms with E-state index in [2.05, 4.69) is 24.8 Å². The van der Waals surface area contributed by atoms with Gasteiger partial charge in [0.05, 0.1) is 24.8 Å². The Bertz CT molecular complexity index is 1650. The fourth-order valence-corrected chi connectivity index (χ4v) is 5.57. The van der Waals surface area contributed by atoms with E-state index in [1.807, 2.05) is 6.92 Å². The van der Waals surface area contributed by atoms with Crippen LogP contribution in [0.25, 0.3) is 4.96 Å². The number of ether oxygens (including phenoxy) is 2. The lowest BCUT2D eigenvalue weighted by atomic mass is 9.98. The lowest BCUT2D eigenvalue weighted by Gasteiger charge is -2.35. The molecule has 5 rings (SSSR count). The lowest BCUT2D eigenvalue weighted by molar-refractivity contribution is -0.135. The maximum Gasteiger partial charge on any atom is 0.261 e. The number of methoxy groups -OCH3 is 1. The Morgan fingerprint density at radius 2 is 2.08 bits per heavy atom. The molecule has 38 heavy (non-hydrogen) atoms. The number of halogens is 1.